The molecule has 3 heterocycles. The van der Waals surface area contributed by atoms with E-state index in [1.165, 1.54) is 29.6 Å². The molecule has 1 aliphatic rings. The first-order valence-electron chi connectivity index (χ1n) is 9.88. The van der Waals surface area contributed by atoms with Crippen LogP contribution in [0.5, 0.6) is 0 Å². The lowest BCUT2D eigenvalue weighted by molar-refractivity contribution is -0.121. The Balaban J connectivity index is 1.38. The van der Waals surface area contributed by atoms with Gasteiger partial charge < -0.3 is 15.2 Å². The van der Waals surface area contributed by atoms with Crippen LogP contribution in [0.3, 0.4) is 0 Å². The molecule has 0 spiro atoms. The molecule has 4 rings (SSSR count). The average molecular weight is 435 g/mol. The van der Waals surface area contributed by atoms with Crippen molar-refractivity contribution in [3.8, 4) is 11.8 Å². The predicted octanol–water partition coefficient (Wildman–Crippen LogP) is -0.869. The SMILES string of the molecule is Cn1c(=O)c2c(ncn2CC(=O)NCC#Cc2ccc(N3CCNC3=O)cc2)n(C)c1=O. The van der Waals surface area contributed by atoms with Crippen LogP contribution in [-0.4, -0.2) is 50.3 Å². The fourth-order valence-electron chi connectivity index (χ4n) is 3.46. The van der Waals surface area contributed by atoms with Crippen LogP contribution in [0.15, 0.2) is 40.2 Å². The molecule has 0 radical (unpaired) electrons. The van der Waals surface area contributed by atoms with Gasteiger partial charge in [0.05, 0.1) is 12.9 Å². The predicted molar refractivity (Wildman–Crippen MR) is 117 cm³/mol. The van der Waals surface area contributed by atoms with Crippen LogP contribution in [0.4, 0.5) is 10.5 Å². The number of carbonyl (C=O) groups excluding carboxylic acids is 2. The Bertz CT molecular complexity index is 1390. The Labute approximate surface area is 182 Å². The summed E-state index contributed by atoms with van der Waals surface area (Å²) in [4.78, 5) is 54.1. The van der Waals surface area contributed by atoms with Crippen molar-refractivity contribution in [2.75, 3.05) is 24.5 Å². The smallest absolute Gasteiger partial charge is 0.332 e. The van der Waals surface area contributed by atoms with Gasteiger partial charge in [-0.15, -0.1) is 0 Å². The highest BCUT2D eigenvalue weighted by Crippen LogP contribution is 2.16. The summed E-state index contributed by atoms with van der Waals surface area (Å²) in [5.41, 5.74) is 0.970. The van der Waals surface area contributed by atoms with Gasteiger partial charge in [-0.25, -0.2) is 14.6 Å². The topological polar surface area (TPSA) is 123 Å². The number of anilines is 1. The zero-order valence-corrected chi connectivity index (χ0v) is 17.6. The quantitative estimate of drug-likeness (QED) is 0.516. The van der Waals surface area contributed by atoms with Gasteiger partial charge in [0.1, 0.15) is 6.54 Å². The Morgan fingerprint density at radius 3 is 2.59 bits per heavy atom. The Morgan fingerprint density at radius 1 is 1.16 bits per heavy atom. The molecule has 2 N–H and O–H groups in total. The van der Waals surface area contributed by atoms with E-state index in [0.717, 1.165) is 15.8 Å². The van der Waals surface area contributed by atoms with Gasteiger partial charge in [-0.1, -0.05) is 11.8 Å². The van der Waals surface area contributed by atoms with Crippen molar-refractivity contribution >= 4 is 28.8 Å². The molecule has 2 aromatic heterocycles. The third-order valence-electron chi connectivity index (χ3n) is 5.17. The second-order valence-electron chi connectivity index (χ2n) is 7.26. The number of rotatable bonds is 4. The highest BCUT2D eigenvalue weighted by molar-refractivity contribution is 5.94. The summed E-state index contributed by atoms with van der Waals surface area (Å²) >= 11 is 0. The number of nitrogens with one attached hydrogen (secondary N) is 2. The van der Waals surface area contributed by atoms with E-state index in [9.17, 15) is 19.2 Å². The lowest BCUT2D eigenvalue weighted by Crippen LogP contribution is -2.38. The molecule has 1 saturated heterocycles. The van der Waals surface area contributed by atoms with E-state index in [4.69, 9.17) is 0 Å². The van der Waals surface area contributed by atoms with Gasteiger partial charge in [-0.05, 0) is 24.3 Å². The van der Waals surface area contributed by atoms with Crippen molar-refractivity contribution < 1.29 is 9.59 Å². The van der Waals surface area contributed by atoms with Crippen molar-refractivity contribution in [2.24, 2.45) is 14.1 Å². The number of benzene rings is 1. The second-order valence-corrected chi connectivity index (χ2v) is 7.26. The van der Waals surface area contributed by atoms with Gasteiger partial charge in [-0.2, -0.15) is 0 Å². The lowest BCUT2D eigenvalue weighted by atomic mass is 10.2. The summed E-state index contributed by atoms with van der Waals surface area (Å²) in [6.07, 6.45) is 1.36. The van der Waals surface area contributed by atoms with Crippen LogP contribution in [-0.2, 0) is 25.4 Å². The number of carbonyl (C=O) groups is 2. The number of urea groups is 1. The van der Waals surface area contributed by atoms with Crippen LogP contribution in [0.2, 0.25) is 0 Å². The van der Waals surface area contributed by atoms with Gasteiger partial charge in [-0.3, -0.25) is 23.6 Å². The van der Waals surface area contributed by atoms with Gasteiger partial charge in [0.25, 0.3) is 5.56 Å². The second kappa shape index (κ2) is 8.43. The number of amides is 3. The van der Waals surface area contributed by atoms with Gasteiger partial charge in [0, 0.05) is 38.4 Å². The Morgan fingerprint density at radius 2 is 1.91 bits per heavy atom. The fraction of sp³-hybridized carbons (Fsp3) is 0.286. The van der Waals surface area contributed by atoms with Crippen molar-refractivity contribution in [1.29, 1.82) is 0 Å². The molecule has 3 aromatic rings. The van der Waals surface area contributed by atoms with Crippen molar-refractivity contribution in [3.05, 3.63) is 57.0 Å². The van der Waals surface area contributed by atoms with E-state index >= 15 is 0 Å². The number of imidazole rings is 1. The van der Waals surface area contributed by atoms with Crippen LogP contribution in [0.25, 0.3) is 11.2 Å². The van der Waals surface area contributed by atoms with E-state index < -0.39 is 11.2 Å². The third-order valence-corrected chi connectivity index (χ3v) is 5.17. The number of fused-ring (bicyclic) bond motifs is 1. The number of hydrogen-bond donors (Lipinski definition) is 2. The molecule has 3 amide bonds. The normalized spacial score (nSPS) is 13.1. The maximum atomic E-state index is 12.4. The molecular formula is C21H21N7O4. The van der Waals surface area contributed by atoms with Gasteiger partial charge >= 0.3 is 11.7 Å². The number of aromatic nitrogens is 4. The first-order valence-corrected chi connectivity index (χ1v) is 9.88. The van der Waals surface area contributed by atoms with Crippen molar-refractivity contribution in [2.45, 2.75) is 6.54 Å². The molecule has 0 aliphatic carbocycles. The van der Waals surface area contributed by atoms with E-state index in [-0.39, 0.29) is 36.2 Å². The van der Waals surface area contributed by atoms with E-state index in [2.05, 4.69) is 27.5 Å². The highest BCUT2D eigenvalue weighted by Gasteiger charge is 2.20. The molecule has 32 heavy (non-hydrogen) atoms. The van der Waals surface area contributed by atoms with E-state index in [1.807, 2.05) is 24.3 Å². The first kappa shape index (κ1) is 20.9. The molecule has 1 aromatic carbocycles. The van der Waals surface area contributed by atoms with E-state index in [0.29, 0.717) is 13.1 Å². The molecule has 0 saturated carbocycles. The van der Waals surface area contributed by atoms with Crippen LogP contribution in [0.1, 0.15) is 5.56 Å². The number of nitrogens with zero attached hydrogens (tertiary/aromatic N) is 5. The Hall–Kier alpha value is -4.33. The summed E-state index contributed by atoms with van der Waals surface area (Å²) in [5.74, 6) is 5.48. The standard InChI is InChI=1S/C21H21N7O4/c1-25-18-17(19(30)26(2)21(25)32)27(13-24-18)12-16(29)22-9-3-4-14-5-7-15(8-6-14)28-11-10-23-20(28)31/h5-8,13H,9-12H2,1-2H3,(H,22,29)(H,23,31). The molecule has 1 fully saturated rings. The molecule has 0 bridgehead atoms. The van der Waals surface area contributed by atoms with Crippen molar-refractivity contribution in [1.82, 2.24) is 29.3 Å². The zero-order valence-electron chi connectivity index (χ0n) is 17.6. The lowest BCUT2D eigenvalue weighted by Gasteiger charge is -2.13. The zero-order chi connectivity index (χ0) is 22.8. The summed E-state index contributed by atoms with van der Waals surface area (Å²) in [6.45, 7) is 1.25. The van der Waals surface area contributed by atoms with Crippen LogP contribution >= 0.6 is 0 Å². The Kier molecular flexibility index (Phi) is 5.51. The summed E-state index contributed by atoms with van der Waals surface area (Å²) in [5, 5.41) is 5.43. The third kappa shape index (κ3) is 3.85. The maximum absolute atomic E-state index is 12.4. The summed E-state index contributed by atoms with van der Waals surface area (Å²) in [7, 11) is 2.90. The van der Waals surface area contributed by atoms with E-state index in [1.54, 1.807) is 4.90 Å². The molecule has 1 aliphatic heterocycles. The maximum Gasteiger partial charge on any atom is 0.332 e. The fourth-order valence-corrected chi connectivity index (χ4v) is 3.46. The highest BCUT2D eigenvalue weighted by atomic mass is 16.2. The monoisotopic (exact) mass is 435 g/mol. The van der Waals surface area contributed by atoms with Gasteiger partial charge in [0.15, 0.2) is 11.2 Å². The minimum Gasteiger partial charge on any atom is -0.344 e. The molecule has 11 heteroatoms. The molecule has 11 nitrogen and oxygen atoms in total. The minimum atomic E-state index is -0.511. The summed E-state index contributed by atoms with van der Waals surface area (Å²) in [6, 6.07) is 7.16. The number of aryl methyl sites for hydroxylation is 1. The minimum absolute atomic E-state index is 0.114. The molecule has 0 atom stereocenters. The summed E-state index contributed by atoms with van der Waals surface area (Å²) < 4.78 is 3.65. The van der Waals surface area contributed by atoms with Crippen LogP contribution in [0, 0.1) is 11.8 Å². The molecule has 164 valence electrons. The number of hydrogen-bond acceptors (Lipinski definition) is 5. The first-order chi connectivity index (χ1) is 15.4. The van der Waals surface area contributed by atoms with Gasteiger partial charge in [0.2, 0.25) is 5.91 Å². The van der Waals surface area contributed by atoms with Crippen molar-refractivity contribution in [3.63, 3.8) is 0 Å². The van der Waals surface area contributed by atoms with Crippen LogP contribution < -0.4 is 26.8 Å². The average Bonchev–Trinajstić information content (AvgIpc) is 3.40. The largest absolute Gasteiger partial charge is 0.344 e. The molecule has 0 unspecified atom stereocenters. The molecular weight excluding hydrogens is 414 g/mol.